The van der Waals surface area contributed by atoms with Crippen LogP contribution in [0.25, 0.3) is 11.4 Å². The van der Waals surface area contributed by atoms with Crippen molar-refractivity contribution in [3.05, 3.63) is 30.6 Å². The van der Waals surface area contributed by atoms with E-state index in [-0.39, 0.29) is 0 Å². The summed E-state index contributed by atoms with van der Waals surface area (Å²) < 4.78 is 12.2. The van der Waals surface area contributed by atoms with Crippen LogP contribution in [-0.4, -0.2) is 41.7 Å². The Kier molecular flexibility index (Phi) is 5.52. The summed E-state index contributed by atoms with van der Waals surface area (Å²) in [5.41, 5.74) is 7.35. The lowest BCUT2D eigenvalue weighted by Crippen LogP contribution is -2.08. The number of benzene rings is 1. The average molecular weight is 276 g/mol. The van der Waals surface area contributed by atoms with Gasteiger partial charge in [-0.3, -0.25) is 4.68 Å². The zero-order valence-electron chi connectivity index (χ0n) is 11.7. The summed E-state index contributed by atoms with van der Waals surface area (Å²) in [7, 11) is 1.69. The molecular formula is C14H20N4O2. The Balaban J connectivity index is 1.79. The molecule has 1 aromatic carbocycles. The van der Waals surface area contributed by atoms with E-state index in [4.69, 9.17) is 15.2 Å². The zero-order valence-corrected chi connectivity index (χ0v) is 11.7. The number of nitrogen functional groups attached to an aromatic ring is 1. The SMILES string of the molecule is COCCCOCCn1cnc(-c2ccc(N)cc2)n1. The van der Waals surface area contributed by atoms with Crippen LogP contribution in [0.2, 0.25) is 0 Å². The van der Waals surface area contributed by atoms with E-state index in [0.717, 1.165) is 24.3 Å². The summed E-state index contributed by atoms with van der Waals surface area (Å²) in [5, 5.41) is 4.40. The van der Waals surface area contributed by atoms with Gasteiger partial charge in [0.2, 0.25) is 0 Å². The van der Waals surface area contributed by atoms with E-state index in [0.29, 0.717) is 25.6 Å². The molecule has 2 N–H and O–H groups in total. The molecule has 2 rings (SSSR count). The van der Waals surface area contributed by atoms with E-state index in [1.807, 2.05) is 24.3 Å². The lowest BCUT2D eigenvalue weighted by molar-refractivity contribution is 0.0961. The average Bonchev–Trinajstić information content (AvgIpc) is 2.92. The first-order chi connectivity index (χ1) is 9.79. The Bertz CT molecular complexity index is 510. The fourth-order valence-corrected chi connectivity index (χ4v) is 1.73. The molecule has 2 aromatic rings. The van der Waals surface area contributed by atoms with Crippen LogP contribution in [0.1, 0.15) is 6.42 Å². The van der Waals surface area contributed by atoms with E-state index in [2.05, 4.69) is 10.1 Å². The molecule has 0 saturated heterocycles. The van der Waals surface area contributed by atoms with Crippen molar-refractivity contribution in [2.24, 2.45) is 0 Å². The normalized spacial score (nSPS) is 10.8. The van der Waals surface area contributed by atoms with Gasteiger partial charge in [0.05, 0.1) is 13.2 Å². The topological polar surface area (TPSA) is 75.2 Å². The number of nitrogens with two attached hydrogens (primary N) is 1. The summed E-state index contributed by atoms with van der Waals surface area (Å²) >= 11 is 0. The van der Waals surface area contributed by atoms with Crippen LogP contribution in [0.15, 0.2) is 30.6 Å². The first-order valence-corrected chi connectivity index (χ1v) is 6.61. The molecule has 0 amide bonds. The van der Waals surface area contributed by atoms with Crippen LogP contribution in [-0.2, 0) is 16.0 Å². The second kappa shape index (κ2) is 7.62. The quantitative estimate of drug-likeness (QED) is 0.585. The van der Waals surface area contributed by atoms with Gasteiger partial charge in [-0.05, 0) is 30.7 Å². The largest absolute Gasteiger partial charge is 0.399 e. The second-order valence-electron chi connectivity index (χ2n) is 4.41. The van der Waals surface area contributed by atoms with Crippen LogP contribution in [0.4, 0.5) is 5.69 Å². The Labute approximate surface area is 118 Å². The molecule has 0 radical (unpaired) electrons. The fourth-order valence-electron chi connectivity index (χ4n) is 1.73. The van der Waals surface area contributed by atoms with Gasteiger partial charge in [0.15, 0.2) is 5.82 Å². The van der Waals surface area contributed by atoms with Gasteiger partial charge in [-0.15, -0.1) is 0 Å². The van der Waals surface area contributed by atoms with Gasteiger partial charge in [-0.25, -0.2) is 4.98 Å². The van der Waals surface area contributed by atoms with E-state index < -0.39 is 0 Å². The molecule has 0 saturated carbocycles. The van der Waals surface area contributed by atoms with Gasteiger partial charge in [0, 0.05) is 31.6 Å². The third-order valence-electron chi connectivity index (χ3n) is 2.81. The highest BCUT2D eigenvalue weighted by Gasteiger charge is 2.03. The maximum absolute atomic E-state index is 5.65. The number of hydrogen-bond donors (Lipinski definition) is 1. The fraction of sp³-hybridized carbons (Fsp3) is 0.429. The highest BCUT2D eigenvalue weighted by molar-refractivity contribution is 5.57. The summed E-state index contributed by atoms with van der Waals surface area (Å²) in [5.74, 6) is 0.699. The Morgan fingerprint density at radius 2 is 1.95 bits per heavy atom. The first kappa shape index (κ1) is 14.5. The van der Waals surface area contributed by atoms with Gasteiger partial charge < -0.3 is 15.2 Å². The van der Waals surface area contributed by atoms with Crippen molar-refractivity contribution in [2.45, 2.75) is 13.0 Å². The molecule has 0 unspecified atom stereocenters. The Morgan fingerprint density at radius 1 is 1.15 bits per heavy atom. The molecule has 108 valence electrons. The van der Waals surface area contributed by atoms with Gasteiger partial charge in [-0.1, -0.05) is 0 Å². The minimum atomic E-state index is 0.619. The van der Waals surface area contributed by atoms with E-state index in [1.165, 1.54) is 0 Å². The minimum Gasteiger partial charge on any atom is -0.399 e. The number of anilines is 1. The molecule has 0 fully saturated rings. The molecule has 0 bridgehead atoms. The van der Waals surface area contributed by atoms with E-state index in [1.54, 1.807) is 18.1 Å². The molecule has 1 aromatic heterocycles. The molecule has 0 aliphatic heterocycles. The van der Waals surface area contributed by atoms with Crippen LogP contribution >= 0.6 is 0 Å². The second-order valence-corrected chi connectivity index (χ2v) is 4.41. The lowest BCUT2D eigenvalue weighted by atomic mass is 10.2. The van der Waals surface area contributed by atoms with Crippen molar-refractivity contribution in [3.63, 3.8) is 0 Å². The van der Waals surface area contributed by atoms with Crippen molar-refractivity contribution in [1.82, 2.24) is 14.8 Å². The van der Waals surface area contributed by atoms with Crippen LogP contribution in [0.5, 0.6) is 0 Å². The third kappa shape index (κ3) is 4.32. The molecule has 20 heavy (non-hydrogen) atoms. The molecule has 6 nitrogen and oxygen atoms in total. The summed E-state index contributed by atoms with van der Waals surface area (Å²) in [6.07, 6.45) is 2.62. The number of rotatable bonds is 8. The maximum Gasteiger partial charge on any atom is 0.181 e. The lowest BCUT2D eigenvalue weighted by Gasteiger charge is -2.03. The predicted octanol–water partition coefficient (Wildman–Crippen LogP) is 1.58. The van der Waals surface area contributed by atoms with Crippen molar-refractivity contribution in [2.75, 3.05) is 32.7 Å². The van der Waals surface area contributed by atoms with Crippen LogP contribution in [0.3, 0.4) is 0 Å². The minimum absolute atomic E-state index is 0.619. The Hall–Kier alpha value is -1.92. The van der Waals surface area contributed by atoms with Gasteiger partial charge in [0.1, 0.15) is 6.33 Å². The van der Waals surface area contributed by atoms with Crippen molar-refractivity contribution >= 4 is 5.69 Å². The number of aromatic nitrogens is 3. The molecule has 0 aliphatic carbocycles. The molecule has 6 heteroatoms. The van der Waals surface area contributed by atoms with E-state index in [9.17, 15) is 0 Å². The van der Waals surface area contributed by atoms with Crippen LogP contribution < -0.4 is 5.73 Å². The third-order valence-corrected chi connectivity index (χ3v) is 2.81. The highest BCUT2D eigenvalue weighted by atomic mass is 16.5. The van der Waals surface area contributed by atoms with Crippen LogP contribution in [0, 0.1) is 0 Å². The predicted molar refractivity (Wildman–Crippen MR) is 77.2 cm³/mol. The van der Waals surface area contributed by atoms with Crippen molar-refractivity contribution in [3.8, 4) is 11.4 Å². The number of methoxy groups -OCH3 is 1. The molecule has 0 aliphatic rings. The maximum atomic E-state index is 5.65. The monoisotopic (exact) mass is 276 g/mol. The summed E-state index contributed by atoms with van der Waals surface area (Å²) in [6.45, 7) is 2.74. The Morgan fingerprint density at radius 3 is 2.70 bits per heavy atom. The standard InChI is InChI=1S/C14H20N4O2/c1-19-8-2-9-20-10-7-18-11-16-14(17-18)12-3-5-13(15)6-4-12/h3-6,11H,2,7-10,15H2,1H3. The number of hydrogen-bond acceptors (Lipinski definition) is 5. The molecular weight excluding hydrogens is 256 g/mol. The van der Waals surface area contributed by atoms with Gasteiger partial charge >= 0.3 is 0 Å². The molecule has 0 spiro atoms. The summed E-state index contributed by atoms with van der Waals surface area (Å²) in [6, 6.07) is 7.51. The highest BCUT2D eigenvalue weighted by Crippen LogP contribution is 2.15. The first-order valence-electron chi connectivity index (χ1n) is 6.61. The summed E-state index contributed by atoms with van der Waals surface area (Å²) in [4.78, 5) is 4.28. The van der Waals surface area contributed by atoms with Crippen molar-refractivity contribution < 1.29 is 9.47 Å². The number of nitrogens with zero attached hydrogens (tertiary/aromatic N) is 3. The molecule has 0 atom stereocenters. The zero-order chi connectivity index (χ0) is 14.2. The van der Waals surface area contributed by atoms with Gasteiger partial charge in [0.25, 0.3) is 0 Å². The van der Waals surface area contributed by atoms with Crippen molar-refractivity contribution in [1.29, 1.82) is 0 Å². The molecule has 1 heterocycles. The van der Waals surface area contributed by atoms with Gasteiger partial charge in [-0.2, -0.15) is 5.10 Å². The number of ether oxygens (including phenoxy) is 2. The smallest absolute Gasteiger partial charge is 0.181 e. The van der Waals surface area contributed by atoms with E-state index >= 15 is 0 Å².